The molecule has 0 aliphatic heterocycles. The van der Waals surface area contributed by atoms with E-state index in [1.54, 1.807) is 38.2 Å². The minimum absolute atomic E-state index is 0.192. The van der Waals surface area contributed by atoms with Gasteiger partial charge in [-0.25, -0.2) is 4.39 Å². The SMILES string of the molecule is Cc1cc(F)ccc1C(=O)N(C)c1cccc(N)c1. The molecule has 19 heavy (non-hydrogen) atoms. The number of benzene rings is 2. The van der Waals surface area contributed by atoms with E-state index in [1.807, 2.05) is 0 Å². The topological polar surface area (TPSA) is 46.3 Å². The lowest BCUT2D eigenvalue weighted by Crippen LogP contribution is -2.27. The predicted octanol–water partition coefficient (Wildman–Crippen LogP) is 2.99. The lowest BCUT2D eigenvalue weighted by Gasteiger charge is -2.19. The molecule has 0 aliphatic carbocycles. The summed E-state index contributed by atoms with van der Waals surface area (Å²) in [5.74, 6) is -0.538. The van der Waals surface area contributed by atoms with Crippen LogP contribution in [0.15, 0.2) is 42.5 Å². The highest BCUT2D eigenvalue weighted by atomic mass is 19.1. The van der Waals surface area contributed by atoms with E-state index in [4.69, 9.17) is 5.73 Å². The van der Waals surface area contributed by atoms with Crippen molar-refractivity contribution in [3.05, 3.63) is 59.4 Å². The molecular weight excluding hydrogens is 243 g/mol. The van der Waals surface area contributed by atoms with Gasteiger partial charge in [-0.2, -0.15) is 0 Å². The van der Waals surface area contributed by atoms with Gasteiger partial charge >= 0.3 is 0 Å². The molecule has 0 aliphatic rings. The van der Waals surface area contributed by atoms with E-state index in [0.717, 1.165) is 0 Å². The molecule has 2 aromatic rings. The van der Waals surface area contributed by atoms with Crippen molar-refractivity contribution in [2.45, 2.75) is 6.92 Å². The third kappa shape index (κ3) is 2.73. The predicted molar refractivity (Wildman–Crippen MR) is 74.7 cm³/mol. The van der Waals surface area contributed by atoms with Crippen molar-refractivity contribution >= 4 is 17.3 Å². The summed E-state index contributed by atoms with van der Waals surface area (Å²) in [5.41, 5.74) is 8.08. The lowest BCUT2D eigenvalue weighted by molar-refractivity contribution is 0.0992. The first-order chi connectivity index (χ1) is 8.99. The van der Waals surface area contributed by atoms with Gasteiger partial charge in [0.05, 0.1) is 0 Å². The molecule has 2 rings (SSSR count). The molecule has 0 radical (unpaired) electrons. The summed E-state index contributed by atoms with van der Waals surface area (Å²) in [6.45, 7) is 1.71. The van der Waals surface area contributed by atoms with Crippen molar-refractivity contribution < 1.29 is 9.18 Å². The molecule has 2 N–H and O–H groups in total. The van der Waals surface area contributed by atoms with Gasteiger partial charge in [0.1, 0.15) is 5.82 Å². The smallest absolute Gasteiger partial charge is 0.258 e. The number of nitrogen functional groups attached to an aromatic ring is 1. The molecule has 0 atom stereocenters. The fourth-order valence-electron chi connectivity index (χ4n) is 1.90. The number of aryl methyl sites for hydroxylation is 1. The molecule has 0 saturated heterocycles. The van der Waals surface area contributed by atoms with Crippen LogP contribution in [0.3, 0.4) is 0 Å². The van der Waals surface area contributed by atoms with E-state index in [1.165, 1.54) is 23.1 Å². The summed E-state index contributed by atoms with van der Waals surface area (Å²) in [6.07, 6.45) is 0. The van der Waals surface area contributed by atoms with Crippen molar-refractivity contribution in [2.24, 2.45) is 0 Å². The van der Waals surface area contributed by atoms with Gasteiger partial charge in [-0.1, -0.05) is 6.07 Å². The van der Waals surface area contributed by atoms with Crippen molar-refractivity contribution in [1.29, 1.82) is 0 Å². The van der Waals surface area contributed by atoms with Gasteiger partial charge in [0.2, 0.25) is 0 Å². The second-order valence-electron chi connectivity index (χ2n) is 4.42. The van der Waals surface area contributed by atoms with Gasteiger partial charge in [-0.05, 0) is 48.9 Å². The number of anilines is 2. The highest BCUT2D eigenvalue weighted by Gasteiger charge is 2.16. The van der Waals surface area contributed by atoms with Crippen LogP contribution in [0.2, 0.25) is 0 Å². The van der Waals surface area contributed by atoms with E-state index in [9.17, 15) is 9.18 Å². The molecule has 0 aromatic heterocycles. The van der Waals surface area contributed by atoms with Gasteiger partial charge in [-0.15, -0.1) is 0 Å². The van der Waals surface area contributed by atoms with Crippen LogP contribution in [0.4, 0.5) is 15.8 Å². The highest BCUT2D eigenvalue weighted by molar-refractivity contribution is 6.06. The standard InChI is InChI=1S/C15H15FN2O/c1-10-8-11(16)6-7-14(10)15(19)18(2)13-5-3-4-12(17)9-13/h3-9H,17H2,1-2H3. The number of halogens is 1. The Morgan fingerprint density at radius 2 is 1.95 bits per heavy atom. The summed E-state index contributed by atoms with van der Waals surface area (Å²) in [7, 11) is 1.67. The Bertz CT molecular complexity index is 625. The number of nitrogens with two attached hydrogens (primary N) is 1. The van der Waals surface area contributed by atoms with Gasteiger partial charge in [-0.3, -0.25) is 4.79 Å². The molecule has 98 valence electrons. The van der Waals surface area contributed by atoms with E-state index < -0.39 is 0 Å². The minimum atomic E-state index is -0.347. The summed E-state index contributed by atoms with van der Waals surface area (Å²) in [4.78, 5) is 13.8. The maximum absolute atomic E-state index is 13.0. The fourth-order valence-corrected chi connectivity index (χ4v) is 1.90. The maximum atomic E-state index is 13.0. The summed E-state index contributed by atoms with van der Waals surface area (Å²) in [5, 5.41) is 0. The number of amides is 1. The Kier molecular flexibility index (Phi) is 3.51. The van der Waals surface area contributed by atoms with E-state index in [2.05, 4.69) is 0 Å². The van der Waals surface area contributed by atoms with Crippen molar-refractivity contribution in [2.75, 3.05) is 17.7 Å². The molecule has 0 spiro atoms. The number of rotatable bonds is 2. The Morgan fingerprint density at radius 1 is 1.21 bits per heavy atom. The number of nitrogens with zero attached hydrogens (tertiary/aromatic N) is 1. The van der Waals surface area contributed by atoms with Crippen molar-refractivity contribution in [3.8, 4) is 0 Å². The van der Waals surface area contributed by atoms with Crippen molar-refractivity contribution in [3.63, 3.8) is 0 Å². The van der Waals surface area contributed by atoms with Crippen LogP contribution in [0.1, 0.15) is 15.9 Å². The first-order valence-electron chi connectivity index (χ1n) is 5.89. The average Bonchev–Trinajstić information content (AvgIpc) is 2.37. The fraction of sp³-hybridized carbons (Fsp3) is 0.133. The Hall–Kier alpha value is -2.36. The van der Waals surface area contributed by atoms with Crippen LogP contribution >= 0.6 is 0 Å². The number of hydrogen-bond acceptors (Lipinski definition) is 2. The van der Waals surface area contributed by atoms with E-state index in [-0.39, 0.29) is 11.7 Å². The van der Waals surface area contributed by atoms with Crippen molar-refractivity contribution in [1.82, 2.24) is 0 Å². The molecule has 0 heterocycles. The minimum Gasteiger partial charge on any atom is -0.399 e. The number of carbonyl (C=O) groups is 1. The monoisotopic (exact) mass is 258 g/mol. The van der Waals surface area contributed by atoms with Crippen LogP contribution in [-0.2, 0) is 0 Å². The molecule has 3 nitrogen and oxygen atoms in total. The molecule has 0 saturated carbocycles. The highest BCUT2D eigenvalue weighted by Crippen LogP contribution is 2.20. The normalized spacial score (nSPS) is 10.3. The van der Waals surface area contributed by atoms with Gasteiger partial charge in [0.25, 0.3) is 5.91 Å². The second-order valence-corrected chi connectivity index (χ2v) is 4.42. The molecule has 0 bridgehead atoms. The molecular formula is C15H15FN2O. The average molecular weight is 258 g/mol. The summed E-state index contributed by atoms with van der Waals surface area (Å²) < 4.78 is 13.0. The third-order valence-electron chi connectivity index (χ3n) is 2.98. The Labute approximate surface area is 111 Å². The molecule has 2 aromatic carbocycles. The second kappa shape index (κ2) is 5.10. The van der Waals surface area contributed by atoms with Crippen LogP contribution in [0.25, 0.3) is 0 Å². The first-order valence-corrected chi connectivity index (χ1v) is 5.89. The molecule has 1 amide bonds. The summed E-state index contributed by atoms with van der Waals surface area (Å²) >= 11 is 0. The molecule has 4 heteroatoms. The van der Waals surface area contributed by atoms with Crippen LogP contribution < -0.4 is 10.6 Å². The summed E-state index contributed by atoms with van der Waals surface area (Å²) in [6, 6.07) is 11.2. The zero-order valence-corrected chi connectivity index (χ0v) is 10.9. The largest absolute Gasteiger partial charge is 0.399 e. The quantitative estimate of drug-likeness (QED) is 0.842. The van der Waals surface area contributed by atoms with Gasteiger partial charge in [0.15, 0.2) is 0 Å². The van der Waals surface area contributed by atoms with Crippen LogP contribution in [0.5, 0.6) is 0 Å². The number of carbonyl (C=O) groups excluding carboxylic acids is 1. The lowest BCUT2D eigenvalue weighted by atomic mass is 10.1. The zero-order valence-electron chi connectivity index (χ0n) is 10.9. The Balaban J connectivity index is 2.33. The Morgan fingerprint density at radius 3 is 2.58 bits per heavy atom. The zero-order chi connectivity index (χ0) is 14.0. The van der Waals surface area contributed by atoms with Crippen LogP contribution in [-0.4, -0.2) is 13.0 Å². The number of hydrogen-bond donors (Lipinski definition) is 1. The van der Waals surface area contributed by atoms with Gasteiger partial charge in [0, 0.05) is 24.0 Å². The molecule has 0 fully saturated rings. The van der Waals surface area contributed by atoms with E-state index >= 15 is 0 Å². The van der Waals surface area contributed by atoms with Crippen LogP contribution in [0, 0.1) is 12.7 Å². The molecule has 0 unspecified atom stereocenters. The third-order valence-corrected chi connectivity index (χ3v) is 2.98. The maximum Gasteiger partial charge on any atom is 0.258 e. The van der Waals surface area contributed by atoms with Gasteiger partial charge < -0.3 is 10.6 Å². The van der Waals surface area contributed by atoms with E-state index in [0.29, 0.717) is 22.5 Å². The first kappa shape index (κ1) is 13.1.